The van der Waals surface area contributed by atoms with Gasteiger partial charge < -0.3 is 4.90 Å². The van der Waals surface area contributed by atoms with Gasteiger partial charge >= 0.3 is 0 Å². The van der Waals surface area contributed by atoms with E-state index in [1.54, 1.807) is 29.2 Å². The quantitative estimate of drug-likeness (QED) is 0.578. The van der Waals surface area contributed by atoms with Crippen LogP contribution in [0.25, 0.3) is 11.0 Å². The Hall–Kier alpha value is -3.36. The number of hydrogen-bond donors (Lipinski definition) is 1. The van der Waals surface area contributed by atoms with Crippen LogP contribution in [0.5, 0.6) is 0 Å². The van der Waals surface area contributed by atoms with Gasteiger partial charge in [-0.3, -0.25) is 19.5 Å². The summed E-state index contributed by atoms with van der Waals surface area (Å²) in [5, 5.41) is 3.69. The van der Waals surface area contributed by atoms with E-state index in [0.29, 0.717) is 22.9 Å². The van der Waals surface area contributed by atoms with Crippen LogP contribution in [-0.2, 0) is 0 Å². The summed E-state index contributed by atoms with van der Waals surface area (Å²) in [6.45, 7) is 7.33. The van der Waals surface area contributed by atoms with E-state index in [4.69, 9.17) is 0 Å². The fraction of sp³-hybridized carbons (Fsp3) is 0.455. The van der Waals surface area contributed by atoms with Gasteiger partial charge in [0.05, 0.1) is 23.6 Å². The number of nitrogens with one attached hydrogen (secondary N) is 1. The van der Waals surface area contributed by atoms with Crippen molar-refractivity contribution in [1.29, 1.82) is 0 Å². The van der Waals surface area contributed by atoms with Crippen molar-refractivity contribution in [3.05, 3.63) is 40.6 Å². The van der Waals surface area contributed by atoms with Crippen molar-refractivity contribution in [2.75, 3.05) is 23.3 Å². The molecule has 0 spiro atoms. The monoisotopic (exact) mass is 421 g/mol. The summed E-state index contributed by atoms with van der Waals surface area (Å²) in [5.74, 6) is 0.442. The van der Waals surface area contributed by atoms with Crippen LogP contribution < -0.4 is 15.8 Å². The highest BCUT2D eigenvalue weighted by Gasteiger charge is 2.23. The first kappa shape index (κ1) is 20.9. The molecule has 31 heavy (non-hydrogen) atoms. The molecular weight excluding hydrogens is 394 g/mol. The molecule has 3 aromatic rings. The fourth-order valence-electron chi connectivity index (χ4n) is 4.17. The van der Waals surface area contributed by atoms with Crippen LogP contribution in [-0.4, -0.2) is 43.4 Å². The molecule has 3 heterocycles. The van der Waals surface area contributed by atoms with Crippen molar-refractivity contribution in [2.24, 2.45) is 0 Å². The SMILES string of the molecule is CCN(CC)c1cnc(Nc2ncc3cc(C(C)=O)c(=O)n(C4CCCC4)c3n2)nc1. The van der Waals surface area contributed by atoms with Crippen molar-refractivity contribution in [3.63, 3.8) is 0 Å². The second-order valence-electron chi connectivity index (χ2n) is 7.76. The van der Waals surface area contributed by atoms with Gasteiger partial charge in [-0.25, -0.2) is 15.0 Å². The summed E-state index contributed by atoms with van der Waals surface area (Å²) < 4.78 is 1.68. The Labute approximate surface area is 180 Å². The Balaban J connectivity index is 1.72. The summed E-state index contributed by atoms with van der Waals surface area (Å²) in [5.41, 5.74) is 1.37. The molecule has 0 unspecified atom stereocenters. The van der Waals surface area contributed by atoms with Crippen LogP contribution in [0.3, 0.4) is 0 Å². The summed E-state index contributed by atoms with van der Waals surface area (Å²) in [6, 6.07) is 1.63. The predicted octanol–water partition coefficient (Wildman–Crippen LogP) is 3.49. The molecule has 162 valence electrons. The Morgan fingerprint density at radius 3 is 2.35 bits per heavy atom. The average molecular weight is 422 g/mol. The molecule has 9 heteroatoms. The number of carbonyl (C=O) groups is 1. The van der Waals surface area contributed by atoms with Crippen LogP contribution in [0.15, 0.2) is 29.5 Å². The van der Waals surface area contributed by atoms with E-state index < -0.39 is 0 Å². The highest BCUT2D eigenvalue weighted by Crippen LogP contribution is 2.31. The molecule has 1 aliphatic carbocycles. The second-order valence-corrected chi connectivity index (χ2v) is 7.76. The van der Waals surface area contributed by atoms with Gasteiger partial charge in [0.2, 0.25) is 11.9 Å². The third-order valence-corrected chi connectivity index (χ3v) is 5.83. The number of fused-ring (bicyclic) bond motifs is 1. The Kier molecular flexibility index (Phi) is 5.92. The summed E-state index contributed by atoms with van der Waals surface area (Å²) in [7, 11) is 0. The van der Waals surface area contributed by atoms with Gasteiger partial charge in [0.1, 0.15) is 5.65 Å². The summed E-state index contributed by atoms with van der Waals surface area (Å²) in [4.78, 5) is 44.9. The maximum atomic E-state index is 13.1. The van der Waals surface area contributed by atoms with Crippen LogP contribution in [0.4, 0.5) is 17.6 Å². The normalized spacial score (nSPS) is 14.2. The lowest BCUT2D eigenvalue weighted by atomic mass is 10.1. The lowest BCUT2D eigenvalue weighted by Gasteiger charge is -2.20. The van der Waals surface area contributed by atoms with Crippen molar-refractivity contribution < 1.29 is 4.79 Å². The number of rotatable bonds is 7. The fourth-order valence-corrected chi connectivity index (χ4v) is 4.17. The number of ketones is 1. The molecule has 3 aromatic heterocycles. The predicted molar refractivity (Wildman–Crippen MR) is 120 cm³/mol. The Bertz CT molecular complexity index is 1150. The number of nitrogens with zero attached hydrogens (tertiary/aromatic N) is 6. The van der Waals surface area contributed by atoms with E-state index in [2.05, 4.69) is 44.0 Å². The molecule has 1 aliphatic rings. The van der Waals surface area contributed by atoms with Crippen LogP contribution in [0.2, 0.25) is 0 Å². The largest absolute Gasteiger partial charge is 0.370 e. The lowest BCUT2D eigenvalue weighted by molar-refractivity contribution is 0.101. The van der Waals surface area contributed by atoms with E-state index in [1.165, 1.54) is 6.92 Å². The van der Waals surface area contributed by atoms with Gasteiger partial charge in [-0.1, -0.05) is 12.8 Å². The van der Waals surface area contributed by atoms with E-state index in [-0.39, 0.29) is 22.9 Å². The van der Waals surface area contributed by atoms with Gasteiger partial charge in [-0.15, -0.1) is 0 Å². The summed E-state index contributed by atoms with van der Waals surface area (Å²) in [6.07, 6.45) is 9.08. The number of carbonyl (C=O) groups excluding carboxylic acids is 1. The van der Waals surface area contributed by atoms with E-state index in [9.17, 15) is 9.59 Å². The zero-order valence-electron chi connectivity index (χ0n) is 18.1. The highest BCUT2D eigenvalue weighted by molar-refractivity contribution is 5.96. The molecule has 0 bridgehead atoms. The molecule has 0 saturated heterocycles. The highest BCUT2D eigenvalue weighted by atomic mass is 16.1. The minimum Gasteiger partial charge on any atom is -0.370 e. The van der Waals surface area contributed by atoms with Crippen LogP contribution in [0.1, 0.15) is 62.9 Å². The van der Waals surface area contributed by atoms with Crippen molar-refractivity contribution in [2.45, 2.75) is 52.5 Å². The van der Waals surface area contributed by atoms with E-state index >= 15 is 0 Å². The standard InChI is InChI=1S/C22H27N7O2/c1-4-28(5-2)17-12-24-21(25-13-17)27-22-23-11-15-10-18(14(3)30)20(31)29(19(15)26-22)16-8-6-7-9-16/h10-13,16H,4-9H2,1-3H3,(H,23,24,25,26,27). The van der Waals surface area contributed by atoms with Crippen molar-refractivity contribution in [1.82, 2.24) is 24.5 Å². The van der Waals surface area contributed by atoms with Crippen LogP contribution in [0, 0.1) is 0 Å². The smallest absolute Gasteiger partial charge is 0.263 e. The number of aromatic nitrogens is 5. The first-order valence-electron chi connectivity index (χ1n) is 10.8. The van der Waals surface area contributed by atoms with Gasteiger partial charge in [0.25, 0.3) is 5.56 Å². The third kappa shape index (κ3) is 4.12. The van der Waals surface area contributed by atoms with Gasteiger partial charge in [-0.2, -0.15) is 4.98 Å². The van der Waals surface area contributed by atoms with E-state index in [1.807, 2.05) is 0 Å². The van der Waals surface area contributed by atoms with Gasteiger partial charge in [0, 0.05) is 30.7 Å². The minimum absolute atomic E-state index is 0.0432. The summed E-state index contributed by atoms with van der Waals surface area (Å²) >= 11 is 0. The van der Waals surface area contributed by atoms with Crippen molar-refractivity contribution in [3.8, 4) is 0 Å². The molecule has 4 rings (SSSR count). The first-order chi connectivity index (χ1) is 15.0. The molecular formula is C22H27N7O2. The molecule has 0 aliphatic heterocycles. The molecule has 1 fully saturated rings. The third-order valence-electron chi connectivity index (χ3n) is 5.83. The molecule has 0 atom stereocenters. The van der Waals surface area contributed by atoms with Crippen molar-refractivity contribution >= 4 is 34.4 Å². The topological polar surface area (TPSA) is 106 Å². The zero-order valence-corrected chi connectivity index (χ0v) is 18.1. The average Bonchev–Trinajstić information content (AvgIpc) is 3.29. The van der Waals surface area contributed by atoms with Gasteiger partial charge in [0.15, 0.2) is 5.78 Å². The molecule has 0 radical (unpaired) electrons. The maximum Gasteiger partial charge on any atom is 0.263 e. The van der Waals surface area contributed by atoms with E-state index in [0.717, 1.165) is 44.5 Å². The molecule has 9 nitrogen and oxygen atoms in total. The molecule has 0 aromatic carbocycles. The minimum atomic E-state index is -0.281. The Morgan fingerprint density at radius 2 is 1.74 bits per heavy atom. The van der Waals surface area contributed by atoms with Crippen LogP contribution >= 0.6 is 0 Å². The number of anilines is 3. The first-order valence-corrected chi connectivity index (χ1v) is 10.8. The molecule has 0 amide bonds. The second kappa shape index (κ2) is 8.79. The maximum absolute atomic E-state index is 13.1. The zero-order chi connectivity index (χ0) is 22.0. The van der Waals surface area contributed by atoms with Gasteiger partial charge in [-0.05, 0) is 39.7 Å². The number of Topliss-reactive ketones (excluding diaryl/α,β-unsaturated/α-hetero) is 1. The lowest BCUT2D eigenvalue weighted by Crippen LogP contribution is -2.29. The number of hydrogen-bond acceptors (Lipinski definition) is 8. The molecule has 1 N–H and O–H groups in total. The number of pyridine rings is 1. The molecule has 1 saturated carbocycles. The Morgan fingerprint density at radius 1 is 1.10 bits per heavy atom.